The smallest absolute Gasteiger partial charge is 0.189 e. The number of aliphatic imine (C=N–C) groups is 1. The van der Waals surface area contributed by atoms with Gasteiger partial charge in [0.25, 0.3) is 0 Å². The summed E-state index contributed by atoms with van der Waals surface area (Å²) in [7, 11) is 0. The Morgan fingerprint density at radius 3 is 2.43 bits per heavy atom. The van der Waals surface area contributed by atoms with Gasteiger partial charge in [0.1, 0.15) is 0 Å². The molecule has 0 amide bonds. The number of nitrogens with two attached hydrogens (primary N) is 1. The second-order valence-corrected chi connectivity index (χ2v) is 5.57. The van der Waals surface area contributed by atoms with E-state index in [1.165, 1.54) is 16.7 Å². The third-order valence-corrected chi connectivity index (χ3v) is 3.15. The molecule has 0 unspecified atom stereocenters. The zero-order valence-electron chi connectivity index (χ0n) is 12.9. The lowest BCUT2D eigenvalue weighted by Crippen LogP contribution is -2.36. The van der Waals surface area contributed by atoms with Gasteiger partial charge in [0.05, 0.1) is 6.54 Å². The average molecular weight is 281 g/mol. The third-order valence-electron chi connectivity index (χ3n) is 3.15. The molecule has 0 aliphatic carbocycles. The van der Waals surface area contributed by atoms with E-state index in [2.05, 4.69) is 65.8 Å². The van der Waals surface area contributed by atoms with Crippen LogP contribution in [0.3, 0.4) is 0 Å². The Morgan fingerprint density at radius 2 is 1.76 bits per heavy atom. The Bertz CT molecular complexity index is 630. The van der Waals surface area contributed by atoms with Crippen LogP contribution < -0.4 is 11.1 Å². The molecule has 2 aromatic rings. The normalized spacial score (nSPS) is 11.7. The molecule has 110 valence electrons. The van der Waals surface area contributed by atoms with Crippen LogP contribution in [0, 0.1) is 6.92 Å². The van der Waals surface area contributed by atoms with E-state index in [4.69, 9.17) is 5.73 Å². The zero-order chi connectivity index (χ0) is 15.2. The fraction of sp³-hybridized carbons (Fsp3) is 0.278. The maximum Gasteiger partial charge on any atom is 0.189 e. The molecule has 0 saturated heterocycles. The van der Waals surface area contributed by atoms with Crippen LogP contribution in [0.5, 0.6) is 0 Å². The van der Waals surface area contributed by atoms with Crippen molar-refractivity contribution in [1.29, 1.82) is 0 Å². The van der Waals surface area contributed by atoms with E-state index >= 15 is 0 Å². The summed E-state index contributed by atoms with van der Waals surface area (Å²) in [5, 5.41) is 3.09. The Kier molecular flexibility index (Phi) is 4.99. The van der Waals surface area contributed by atoms with Crippen LogP contribution in [0.4, 0.5) is 0 Å². The molecule has 3 nitrogen and oxygen atoms in total. The molecule has 0 aliphatic heterocycles. The van der Waals surface area contributed by atoms with Gasteiger partial charge in [-0.3, -0.25) is 0 Å². The van der Waals surface area contributed by atoms with Crippen molar-refractivity contribution in [2.75, 3.05) is 0 Å². The highest BCUT2D eigenvalue weighted by Crippen LogP contribution is 2.21. The molecule has 0 atom stereocenters. The summed E-state index contributed by atoms with van der Waals surface area (Å²) in [5.74, 6) is 0.492. The van der Waals surface area contributed by atoms with E-state index in [0.717, 1.165) is 5.56 Å². The van der Waals surface area contributed by atoms with Gasteiger partial charge < -0.3 is 11.1 Å². The molecular weight excluding hydrogens is 258 g/mol. The highest BCUT2D eigenvalue weighted by Gasteiger charge is 2.00. The minimum atomic E-state index is 0.298. The molecule has 2 aromatic carbocycles. The summed E-state index contributed by atoms with van der Waals surface area (Å²) in [6.45, 7) is 6.78. The summed E-state index contributed by atoms with van der Waals surface area (Å²) in [4.78, 5) is 4.37. The maximum atomic E-state index is 5.83. The molecule has 2 rings (SSSR count). The van der Waals surface area contributed by atoms with Gasteiger partial charge in [-0.25, -0.2) is 4.99 Å². The second kappa shape index (κ2) is 6.93. The molecule has 0 radical (unpaired) electrons. The van der Waals surface area contributed by atoms with Crippen molar-refractivity contribution < 1.29 is 0 Å². The number of guanidine groups is 1. The first kappa shape index (κ1) is 15.1. The largest absolute Gasteiger partial charge is 0.370 e. The van der Waals surface area contributed by atoms with E-state index in [1.807, 2.05) is 13.8 Å². The highest BCUT2D eigenvalue weighted by molar-refractivity contribution is 5.78. The van der Waals surface area contributed by atoms with Gasteiger partial charge >= 0.3 is 0 Å². The lowest BCUT2D eigenvalue weighted by atomic mass is 10.0. The van der Waals surface area contributed by atoms with Crippen molar-refractivity contribution in [2.24, 2.45) is 10.7 Å². The molecule has 0 saturated carbocycles. The first-order chi connectivity index (χ1) is 10.0. The third kappa shape index (κ3) is 4.63. The molecule has 3 N–H and O–H groups in total. The van der Waals surface area contributed by atoms with E-state index < -0.39 is 0 Å². The first-order valence-electron chi connectivity index (χ1n) is 7.27. The molecule has 0 aliphatic rings. The zero-order valence-corrected chi connectivity index (χ0v) is 12.9. The summed E-state index contributed by atoms with van der Waals surface area (Å²) in [5.41, 5.74) is 10.7. The number of aryl methyl sites for hydroxylation is 1. The van der Waals surface area contributed by atoms with Gasteiger partial charge in [0, 0.05) is 6.04 Å². The van der Waals surface area contributed by atoms with Crippen molar-refractivity contribution in [3.63, 3.8) is 0 Å². The van der Waals surface area contributed by atoms with E-state index in [9.17, 15) is 0 Å². The summed E-state index contributed by atoms with van der Waals surface area (Å²) < 4.78 is 0. The predicted molar refractivity (Wildman–Crippen MR) is 90.2 cm³/mol. The highest BCUT2D eigenvalue weighted by atomic mass is 15.1. The Balaban J connectivity index is 2.15. The van der Waals surface area contributed by atoms with Crippen molar-refractivity contribution >= 4 is 5.96 Å². The Morgan fingerprint density at radius 1 is 1.10 bits per heavy atom. The molecule has 3 heteroatoms. The molecule has 0 aromatic heterocycles. The van der Waals surface area contributed by atoms with Crippen LogP contribution >= 0.6 is 0 Å². The van der Waals surface area contributed by atoms with Gasteiger partial charge in [-0.2, -0.15) is 0 Å². The molecular formula is C18H23N3. The minimum Gasteiger partial charge on any atom is -0.370 e. The number of hydrogen-bond donors (Lipinski definition) is 2. The molecule has 21 heavy (non-hydrogen) atoms. The standard InChI is InChI=1S/C18H23N3/c1-13(2)21-18(19)20-12-15-7-5-9-17(11-15)16-8-4-6-14(3)10-16/h4-11,13H,12H2,1-3H3,(H3,19,20,21). The number of rotatable bonds is 4. The van der Waals surface area contributed by atoms with E-state index in [1.54, 1.807) is 0 Å². The van der Waals surface area contributed by atoms with Crippen LogP contribution in [0.1, 0.15) is 25.0 Å². The Labute approximate surface area is 126 Å². The van der Waals surface area contributed by atoms with Crippen molar-refractivity contribution in [1.82, 2.24) is 5.32 Å². The number of nitrogens with one attached hydrogen (secondary N) is 1. The summed E-state index contributed by atoms with van der Waals surface area (Å²) in [6.07, 6.45) is 0. The minimum absolute atomic E-state index is 0.298. The lowest BCUT2D eigenvalue weighted by molar-refractivity contribution is 0.723. The van der Waals surface area contributed by atoms with E-state index in [0.29, 0.717) is 18.5 Å². The SMILES string of the molecule is Cc1cccc(-c2cccc(CN=C(N)NC(C)C)c2)c1. The van der Waals surface area contributed by atoms with Gasteiger partial charge in [0.2, 0.25) is 0 Å². The molecule has 0 spiro atoms. The quantitative estimate of drug-likeness (QED) is 0.666. The van der Waals surface area contributed by atoms with Crippen molar-refractivity contribution in [3.8, 4) is 11.1 Å². The summed E-state index contributed by atoms with van der Waals surface area (Å²) >= 11 is 0. The van der Waals surface area contributed by atoms with E-state index in [-0.39, 0.29) is 0 Å². The van der Waals surface area contributed by atoms with Crippen LogP contribution in [-0.4, -0.2) is 12.0 Å². The maximum absolute atomic E-state index is 5.83. The topological polar surface area (TPSA) is 50.4 Å². The number of hydrogen-bond acceptors (Lipinski definition) is 1. The number of benzene rings is 2. The monoisotopic (exact) mass is 281 g/mol. The van der Waals surface area contributed by atoms with Gasteiger partial charge in [-0.05, 0) is 43.5 Å². The average Bonchev–Trinajstić information content (AvgIpc) is 2.45. The van der Waals surface area contributed by atoms with Crippen LogP contribution in [0.15, 0.2) is 53.5 Å². The second-order valence-electron chi connectivity index (χ2n) is 5.57. The molecule has 0 bridgehead atoms. The van der Waals surface area contributed by atoms with Crippen LogP contribution in [0.2, 0.25) is 0 Å². The molecule has 0 fully saturated rings. The lowest BCUT2D eigenvalue weighted by Gasteiger charge is -2.09. The fourth-order valence-corrected chi connectivity index (χ4v) is 2.19. The van der Waals surface area contributed by atoms with Crippen molar-refractivity contribution in [2.45, 2.75) is 33.4 Å². The summed E-state index contributed by atoms with van der Waals surface area (Å²) in [6, 6.07) is 17.2. The number of nitrogens with zero attached hydrogens (tertiary/aromatic N) is 1. The predicted octanol–water partition coefficient (Wildman–Crippen LogP) is 3.47. The van der Waals surface area contributed by atoms with Crippen molar-refractivity contribution in [3.05, 3.63) is 59.7 Å². The Hall–Kier alpha value is -2.29. The first-order valence-corrected chi connectivity index (χ1v) is 7.27. The van der Waals surface area contributed by atoms with Crippen LogP contribution in [0.25, 0.3) is 11.1 Å². The van der Waals surface area contributed by atoms with Gasteiger partial charge in [-0.1, -0.05) is 48.0 Å². The molecule has 0 heterocycles. The van der Waals surface area contributed by atoms with Crippen LogP contribution in [-0.2, 0) is 6.54 Å². The van der Waals surface area contributed by atoms with Gasteiger partial charge in [0.15, 0.2) is 5.96 Å². The fourth-order valence-electron chi connectivity index (χ4n) is 2.19. The van der Waals surface area contributed by atoms with Gasteiger partial charge in [-0.15, -0.1) is 0 Å².